The zero-order valence-corrected chi connectivity index (χ0v) is 16.2. The van der Waals surface area contributed by atoms with Crippen LogP contribution in [0.1, 0.15) is 15.9 Å². The lowest BCUT2D eigenvalue weighted by molar-refractivity contribution is 0.0735. The van der Waals surface area contributed by atoms with E-state index in [0.29, 0.717) is 35.7 Å². The van der Waals surface area contributed by atoms with E-state index in [-0.39, 0.29) is 10.8 Å². The summed E-state index contributed by atoms with van der Waals surface area (Å²) in [5.74, 6) is 0.261. The third kappa shape index (κ3) is 4.23. The minimum Gasteiger partial charge on any atom is -0.495 e. The van der Waals surface area contributed by atoms with Gasteiger partial charge < -0.3 is 15.0 Å². The maximum Gasteiger partial charge on any atom is 0.262 e. The Hall–Kier alpha value is -2.58. The van der Waals surface area contributed by atoms with Crippen molar-refractivity contribution in [3.63, 3.8) is 0 Å². The van der Waals surface area contributed by atoms with Gasteiger partial charge in [0, 0.05) is 31.7 Å². The van der Waals surface area contributed by atoms with Crippen molar-refractivity contribution in [1.29, 1.82) is 0 Å². The summed E-state index contributed by atoms with van der Waals surface area (Å²) >= 11 is 0. The number of piperazine rings is 1. The second kappa shape index (κ2) is 7.98. The number of methoxy groups -OCH3 is 1. The van der Waals surface area contributed by atoms with Crippen molar-refractivity contribution in [2.45, 2.75) is 11.8 Å². The molecule has 0 aromatic heterocycles. The zero-order chi connectivity index (χ0) is 19.4. The van der Waals surface area contributed by atoms with Crippen LogP contribution in [0.2, 0.25) is 0 Å². The largest absolute Gasteiger partial charge is 0.495 e. The van der Waals surface area contributed by atoms with Crippen LogP contribution >= 0.6 is 0 Å². The van der Waals surface area contributed by atoms with Crippen molar-refractivity contribution >= 4 is 21.6 Å². The van der Waals surface area contributed by atoms with Crippen LogP contribution in [0.15, 0.2) is 47.4 Å². The van der Waals surface area contributed by atoms with E-state index in [0.717, 1.165) is 13.1 Å². The van der Waals surface area contributed by atoms with Crippen molar-refractivity contribution in [3.05, 3.63) is 53.6 Å². The number of anilines is 1. The third-order valence-corrected chi connectivity index (χ3v) is 5.99. The lowest BCUT2D eigenvalue weighted by Crippen LogP contribution is -2.46. The molecular formula is C19H23N3O4S. The van der Waals surface area contributed by atoms with Crippen molar-refractivity contribution in [2.75, 3.05) is 38.0 Å². The first kappa shape index (κ1) is 19.2. The molecular weight excluding hydrogens is 366 g/mol. The molecule has 7 nitrogen and oxygen atoms in total. The number of hydrogen-bond acceptors (Lipinski definition) is 5. The molecule has 144 valence electrons. The molecule has 0 aliphatic carbocycles. The van der Waals surface area contributed by atoms with Crippen LogP contribution in [0, 0.1) is 6.92 Å². The molecule has 0 radical (unpaired) electrons. The highest BCUT2D eigenvalue weighted by atomic mass is 32.2. The smallest absolute Gasteiger partial charge is 0.262 e. The molecule has 1 saturated heterocycles. The van der Waals surface area contributed by atoms with Crippen LogP contribution in [0.25, 0.3) is 0 Å². The Morgan fingerprint density at radius 2 is 1.85 bits per heavy atom. The number of para-hydroxylation sites is 2. The number of rotatable bonds is 5. The molecule has 0 bridgehead atoms. The van der Waals surface area contributed by atoms with Gasteiger partial charge in [0.05, 0.1) is 17.7 Å². The van der Waals surface area contributed by atoms with Gasteiger partial charge in [-0.1, -0.05) is 18.2 Å². The number of carbonyl (C=O) groups excluding carboxylic acids is 1. The Labute approximate surface area is 159 Å². The molecule has 1 amide bonds. The average Bonchev–Trinajstić information content (AvgIpc) is 2.68. The summed E-state index contributed by atoms with van der Waals surface area (Å²) in [5.41, 5.74) is 1.27. The number of hydrogen-bond donors (Lipinski definition) is 2. The lowest BCUT2D eigenvalue weighted by Gasteiger charge is -2.27. The summed E-state index contributed by atoms with van der Waals surface area (Å²) in [5, 5.41) is 3.19. The molecule has 0 unspecified atom stereocenters. The van der Waals surface area contributed by atoms with E-state index >= 15 is 0 Å². The van der Waals surface area contributed by atoms with Gasteiger partial charge in [-0.15, -0.1) is 0 Å². The highest BCUT2D eigenvalue weighted by Crippen LogP contribution is 2.27. The molecule has 2 aromatic carbocycles. The van der Waals surface area contributed by atoms with Crippen LogP contribution < -0.4 is 14.8 Å². The second-order valence-electron chi connectivity index (χ2n) is 6.33. The Kier molecular flexibility index (Phi) is 5.67. The van der Waals surface area contributed by atoms with E-state index in [2.05, 4.69) is 10.0 Å². The first-order valence-corrected chi connectivity index (χ1v) is 10.2. The lowest BCUT2D eigenvalue weighted by atomic mass is 10.1. The van der Waals surface area contributed by atoms with Gasteiger partial charge in [0.1, 0.15) is 5.75 Å². The fourth-order valence-electron chi connectivity index (χ4n) is 3.00. The van der Waals surface area contributed by atoms with Crippen LogP contribution in [0.5, 0.6) is 5.75 Å². The molecule has 8 heteroatoms. The van der Waals surface area contributed by atoms with E-state index in [1.165, 1.54) is 13.2 Å². The quantitative estimate of drug-likeness (QED) is 0.815. The molecule has 3 rings (SSSR count). The van der Waals surface area contributed by atoms with Gasteiger partial charge in [-0.05, 0) is 36.8 Å². The summed E-state index contributed by atoms with van der Waals surface area (Å²) < 4.78 is 33.6. The predicted octanol–water partition coefficient (Wildman–Crippen LogP) is 1.85. The second-order valence-corrected chi connectivity index (χ2v) is 7.98. The van der Waals surface area contributed by atoms with Crippen molar-refractivity contribution in [1.82, 2.24) is 10.2 Å². The summed E-state index contributed by atoms with van der Waals surface area (Å²) in [6.07, 6.45) is 0. The number of carbonyl (C=O) groups is 1. The summed E-state index contributed by atoms with van der Waals surface area (Å²) in [7, 11) is -2.40. The normalized spacial score (nSPS) is 14.7. The molecule has 0 spiro atoms. The SMILES string of the molecule is COc1ccccc1NS(=O)(=O)c1cc(C(=O)N2CCNCC2)ccc1C. The number of aryl methyl sites for hydroxylation is 1. The monoisotopic (exact) mass is 389 g/mol. The Bertz CT molecular complexity index is 938. The highest BCUT2D eigenvalue weighted by molar-refractivity contribution is 7.92. The fraction of sp³-hybridized carbons (Fsp3) is 0.316. The van der Waals surface area contributed by atoms with Crippen LogP contribution in [-0.4, -0.2) is 52.5 Å². The van der Waals surface area contributed by atoms with Gasteiger partial charge in [0.25, 0.3) is 15.9 Å². The summed E-state index contributed by atoms with van der Waals surface area (Å²) in [4.78, 5) is 14.5. The van der Waals surface area contributed by atoms with Gasteiger partial charge in [-0.25, -0.2) is 8.42 Å². The highest BCUT2D eigenvalue weighted by Gasteiger charge is 2.23. The number of sulfonamides is 1. The van der Waals surface area contributed by atoms with E-state index < -0.39 is 10.0 Å². The standard InChI is InChI=1S/C19H23N3O4S/c1-14-7-8-15(19(23)22-11-9-20-10-12-22)13-18(14)27(24,25)21-16-5-3-4-6-17(16)26-2/h3-8,13,20-21H,9-12H2,1-2H3. The number of ether oxygens (including phenoxy) is 1. The van der Waals surface area contributed by atoms with Crippen molar-refractivity contribution in [2.24, 2.45) is 0 Å². The van der Waals surface area contributed by atoms with Gasteiger partial charge in [0.15, 0.2) is 0 Å². The fourth-order valence-corrected chi connectivity index (χ4v) is 4.34. The topological polar surface area (TPSA) is 87.7 Å². The van der Waals surface area contributed by atoms with Crippen LogP contribution in [0.3, 0.4) is 0 Å². The molecule has 1 aliphatic heterocycles. The van der Waals surface area contributed by atoms with Gasteiger partial charge in [-0.3, -0.25) is 9.52 Å². The van der Waals surface area contributed by atoms with E-state index in [9.17, 15) is 13.2 Å². The Morgan fingerprint density at radius 3 is 2.56 bits per heavy atom. The van der Waals surface area contributed by atoms with E-state index in [1.807, 2.05) is 0 Å². The average molecular weight is 389 g/mol. The number of nitrogens with zero attached hydrogens (tertiary/aromatic N) is 1. The van der Waals surface area contributed by atoms with E-state index in [1.54, 1.807) is 48.2 Å². The summed E-state index contributed by atoms with van der Waals surface area (Å²) in [6.45, 7) is 4.38. The van der Waals surface area contributed by atoms with Gasteiger partial charge in [-0.2, -0.15) is 0 Å². The molecule has 2 aromatic rings. The summed E-state index contributed by atoms with van der Waals surface area (Å²) in [6, 6.07) is 11.5. The van der Waals surface area contributed by atoms with Crippen molar-refractivity contribution in [3.8, 4) is 5.75 Å². The number of amides is 1. The first-order chi connectivity index (χ1) is 12.9. The Morgan fingerprint density at radius 1 is 1.15 bits per heavy atom. The zero-order valence-electron chi connectivity index (χ0n) is 15.4. The van der Waals surface area contributed by atoms with Crippen LogP contribution in [-0.2, 0) is 10.0 Å². The molecule has 1 fully saturated rings. The van der Waals surface area contributed by atoms with Crippen LogP contribution in [0.4, 0.5) is 5.69 Å². The minimum absolute atomic E-state index is 0.0781. The number of benzene rings is 2. The molecule has 0 saturated carbocycles. The Balaban J connectivity index is 1.92. The predicted molar refractivity (Wildman–Crippen MR) is 104 cm³/mol. The first-order valence-electron chi connectivity index (χ1n) is 8.69. The maximum atomic E-state index is 12.9. The van der Waals surface area contributed by atoms with Gasteiger partial charge >= 0.3 is 0 Å². The molecule has 1 aliphatic rings. The maximum absolute atomic E-state index is 12.9. The minimum atomic E-state index is -3.88. The molecule has 1 heterocycles. The van der Waals surface area contributed by atoms with Crippen molar-refractivity contribution < 1.29 is 17.9 Å². The third-order valence-electron chi connectivity index (χ3n) is 4.48. The van der Waals surface area contributed by atoms with E-state index in [4.69, 9.17) is 4.74 Å². The molecule has 2 N–H and O–H groups in total. The van der Waals surface area contributed by atoms with Gasteiger partial charge in [0.2, 0.25) is 0 Å². The molecule has 27 heavy (non-hydrogen) atoms. The molecule has 0 atom stereocenters. The number of nitrogens with one attached hydrogen (secondary N) is 2.